The summed E-state index contributed by atoms with van der Waals surface area (Å²) in [5.74, 6) is -0.108. The van der Waals surface area contributed by atoms with Gasteiger partial charge in [-0.05, 0) is 38.1 Å². The minimum absolute atomic E-state index is 0.0373. The Morgan fingerprint density at radius 3 is 2.75 bits per heavy atom. The van der Waals surface area contributed by atoms with Gasteiger partial charge in [0.1, 0.15) is 5.75 Å². The van der Waals surface area contributed by atoms with Gasteiger partial charge in [0.15, 0.2) is 0 Å². The van der Waals surface area contributed by atoms with Gasteiger partial charge in [0, 0.05) is 5.71 Å². The summed E-state index contributed by atoms with van der Waals surface area (Å²) in [6.07, 6.45) is 0.0736. The average molecular weight is 326 g/mol. The third-order valence-corrected chi connectivity index (χ3v) is 3.25. The quantitative estimate of drug-likeness (QED) is 0.642. The molecule has 24 heavy (non-hydrogen) atoms. The van der Waals surface area contributed by atoms with Crippen molar-refractivity contribution < 1.29 is 9.53 Å². The monoisotopic (exact) mass is 326 g/mol. The zero-order valence-electron chi connectivity index (χ0n) is 13.5. The summed E-state index contributed by atoms with van der Waals surface area (Å²) >= 11 is 0. The van der Waals surface area contributed by atoms with Crippen LogP contribution in [-0.4, -0.2) is 30.1 Å². The van der Waals surface area contributed by atoms with Crippen molar-refractivity contribution in [3.05, 3.63) is 24.3 Å². The Kier molecular flexibility index (Phi) is 5.63. The van der Waals surface area contributed by atoms with Crippen LogP contribution in [0.2, 0.25) is 0 Å². The number of aliphatic imine (C=N–C) groups is 3. The molecule has 0 bridgehead atoms. The van der Waals surface area contributed by atoms with Crippen LogP contribution >= 0.6 is 0 Å². The van der Waals surface area contributed by atoms with Gasteiger partial charge in [0.25, 0.3) is 0 Å². The Hall–Kier alpha value is -3.21. The number of amides is 1. The van der Waals surface area contributed by atoms with E-state index in [1.165, 1.54) is 0 Å². The number of hydrogen-bond acceptors (Lipinski definition) is 4. The summed E-state index contributed by atoms with van der Waals surface area (Å²) in [7, 11) is 0. The van der Waals surface area contributed by atoms with E-state index in [0.717, 1.165) is 5.75 Å². The van der Waals surface area contributed by atoms with E-state index >= 15 is 0 Å². The lowest BCUT2D eigenvalue weighted by Crippen LogP contribution is -2.43. The van der Waals surface area contributed by atoms with Crippen LogP contribution in [0.5, 0.6) is 5.75 Å². The maximum atomic E-state index is 11.9. The first-order chi connectivity index (χ1) is 11.5. The molecule has 1 heterocycles. The first-order valence-corrected chi connectivity index (χ1v) is 7.42. The fraction of sp³-hybridized carbons (Fsp3) is 0.312. The van der Waals surface area contributed by atoms with Crippen molar-refractivity contribution in [3.8, 4) is 11.8 Å². The second-order valence-electron chi connectivity index (χ2n) is 4.99. The average Bonchev–Trinajstić information content (AvgIpc) is 2.53. The van der Waals surface area contributed by atoms with Gasteiger partial charge in [0.2, 0.25) is 17.8 Å². The summed E-state index contributed by atoms with van der Waals surface area (Å²) in [5, 5.41) is 11.2. The summed E-state index contributed by atoms with van der Waals surface area (Å²) in [5.41, 5.74) is 6.90. The van der Waals surface area contributed by atoms with Crippen LogP contribution in [0.3, 0.4) is 0 Å². The molecule has 8 heteroatoms. The molecule has 1 atom stereocenters. The molecule has 1 unspecified atom stereocenters. The van der Waals surface area contributed by atoms with Crippen LogP contribution in [0.4, 0.5) is 5.69 Å². The van der Waals surface area contributed by atoms with Gasteiger partial charge in [-0.3, -0.25) is 10.1 Å². The lowest BCUT2D eigenvalue weighted by Gasteiger charge is -2.18. The Morgan fingerprint density at radius 1 is 1.46 bits per heavy atom. The number of guanidine groups is 2. The zero-order valence-corrected chi connectivity index (χ0v) is 13.5. The maximum Gasteiger partial charge on any atom is 0.236 e. The van der Waals surface area contributed by atoms with E-state index in [4.69, 9.17) is 15.7 Å². The van der Waals surface area contributed by atoms with Crippen molar-refractivity contribution in [2.75, 3.05) is 6.61 Å². The van der Waals surface area contributed by atoms with Crippen LogP contribution in [0, 0.1) is 17.2 Å². The Balaban J connectivity index is 2.15. The third-order valence-electron chi connectivity index (χ3n) is 3.25. The van der Waals surface area contributed by atoms with E-state index in [1.807, 2.05) is 13.0 Å². The fourth-order valence-corrected chi connectivity index (χ4v) is 2.09. The van der Waals surface area contributed by atoms with Crippen molar-refractivity contribution in [3.63, 3.8) is 0 Å². The first kappa shape index (κ1) is 17.1. The van der Waals surface area contributed by atoms with Crippen molar-refractivity contribution >= 4 is 29.2 Å². The number of hydrogen-bond donors (Lipinski definition) is 2. The number of nitriles is 1. The van der Waals surface area contributed by atoms with Crippen molar-refractivity contribution in [2.45, 2.75) is 20.3 Å². The largest absolute Gasteiger partial charge is 0.494 e. The van der Waals surface area contributed by atoms with Gasteiger partial charge in [-0.1, -0.05) is 0 Å². The van der Waals surface area contributed by atoms with E-state index in [-0.39, 0.29) is 24.2 Å². The van der Waals surface area contributed by atoms with Gasteiger partial charge in [0.05, 0.1) is 30.7 Å². The first-order valence-electron chi connectivity index (χ1n) is 7.42. The van der Waals surface area contributed by atoms with Gasteiger partial charge in [-0.25, -0.2) is 9.98 Å². The molecule has 2 rings (SSSR count). The lowest BCUT2D eigenvalue weighted by atomic mass is 9.99. The maximum absolute atomic E-state index is 11.9. The van der Waals surface area contributed by atoms with Crippen molar-refractivity contribution in [1.29, 1.82) is 5.26 Å². The summed E-state index contributed by atoms with van der Waals surface area (Å²) in [6.45, 7) is 4.17. The number of benzene rings is 1. The molecule has 1 aromatic rings. The molecule has 124 valence electrons. The molecule has 3 N–H and O–H groups in total. The topological polar surface area (TPSA) is 125 Å². The van der Waals surface area contributed by atoms with E-state index < -0.39 is 5.92 Å². The number of nitrogens with one attached hydrogen (secondary N) is 1. The zero-order chi connectivity index (χ0) is 17.5. The Bertz CT molecular complexity index is 743. The fourth-order valence-electron chi connectivity index (χ4n) is 2.09. The number of nitrogens with zero attached hydrogens (tertiary/aromatic N) is 4. The number of carbonyl (C=O) groups excluding carboxylic acids is 1. The van der Waals surface area contributed by atoms with Gasteiger partial charge in [-0.2, -0.15) is 10.3 Å². The Labute approximate surface area is 139 Å². The molecule has 1 aliphatic heterocycles. The predicted molar refractivity (Wildman–Crippen MR) is 91.3 cm³/mol. The molecular weight excluding hydrogens is 308 g/mol. The van der Waals surface area contributed by atoms with Crippen LogP contribution in [0.1, 0.15) is 20.3 Å². The molecule has 0 spiro atoms. The second kappa shape index (κ2) is 7.87. The third kappa shape index (κ3) is 4.39. The summed E-state index contributed by atoms with van der Waals surface area (Å²) in [4.78, 5) is 24.2. The molecule has 0 saturated carbocycles. The van der Waals surface area contributed by atoms with Gasteiger partial charge >= 0.3 is 0 Å². The second-order valence-corrected chi connectivity index (χ2v) is 4.99. The highest BCUT2D eigenvalue weighted by Crippen LogP contribution is 2.18. The molecule has 0 saturated heterocycles. The van der Waals surface area contributed by atoms with Crippen LogP contribution in [-0.2, 0) is 4.79 Å². The standard InChI is InChI=1S/C16H18N6O2/c1-3-24-12-6-4-11(5-7-12)20-15(18)22-16-19-10(2)13(8-9-17)14(23)21-16/h4-7,13H,3,8H2,1-2H3,(H3,18,20,21,22,23). The predicted octanol–water partition coefficient (Wildman–Crippen LogP) is 1.51. The SMILES string of the molecule is CCOc1ccc(N=C(N)/N=C2/N=C(C)C(CC#N)C(=O)N2)cc1. The number of rotatable bonds is 4. The molecule has 0 aliphatic carbocycles. The van der Waals surface area contributed by atoms with Crippen LogP contribution in [0.15, 0.2) is 39.2 Å². The minimum Gasteiger partial charge on any atom is -0.494 e. The highest BCUT2D eigenvalue weighted by atomic mass is 16.5. The lowest BCUT2D eigenvalue weighted by molar-refractivity contribution is -0.121. The highest BCUT2D eigenvalue weighted by Gasteiger charge is 2.27. The molecule has 1 aromatic carbocycles. The van der Waals surface area contributed by atoms with Crippen LogP contribution < -0.4 is 15.8 Å². The summed E-state index contributed by atoms with van der Waals surface area (Å²) < 4.78 is 5.35. The van der Waals surface area contributed by atoms with E-state index in [2.05, 4.69) is 20.3 Å². The molecule has 0 aromatic heterocycles. The molecular formula is C16H18N6O2. The molecule has 0 radical (unpaired) electrons. The van der Waals surface area contributed by atoms with E-state index in [0.29, 0.717) is 18.0 Å². The normalized spacial score (nSPS) is 19.5. The van der Waals surface area contributed by atoms with Crippen LogP contribution in [0.25, 0.3) is 0 Å². The summed E-state index contributed by atoms with van der Waals surface area (Å²) in [6, 6.07) is 9.01. The van der Waals surface area contributed by atoms with E-state index in [9.17, 15) is 4.79 Å². The number of carbonyl (C=O) groups is 1. The Morgan fingerprint density at radius 2 is 2.17 bits per heavy atom. The molecule has 8 nitrogen and oxygen atoms in total. The van der Waals surface area contributed by atoms with Gasteiger partial charge in [-0.15, -0.1) is 0 Å². The minimum atomic E-state index is -0.557. The highest BCUT2D eigenvalue weighted by molar-refractivity contribution is 6.18. The van der Waals surface area contributed by atoms with E-state index in [1.54, 1.807) is 31.2 Å². The number of ether oxygens (including phenoxy) is 1. The van der Waals surface area contributed by atoms with Crippen molar-refractivity contribution in [1.82, 2.24) is 5.32 Å². The smallest absolute Gasteiger partial charge is 0.236 e. The number of nitrogens with two attached hydrogens (primary N) is 1. The molecule has 1 aliphatic rings. The van der Waals surface area contributed by atoms with Crippen molar-refractivity contribution in [2.24, 2.45) is 26.6 Å². The molecule has 0 fully saturated rings. The molecule has 1 amide bonds. The van der Waals surface area contributed by atoms with Gasteiger partial charge < -0.3 is 10.5 Å².